The highest BCUT2D eigenvalue weighted by molar-refractivity contribution is 8.45. The van der Waals surface area contributed by atoms with Crippen molar-refractivity contribution < 1.29 is 9.59 Å². The van der Waals surface area contributed by atoms with Gasteiger partial charge >= 0.3 is 0 Å². The van der Waals surface area contributed by atoms with E-state index < -0.39 is 11.8 Å². The van der Waals surface area contributed by atoms with E-state index in [0.717, 1.165) is 5.22 Å². The Labute approximate surface area is 161 Å². The molecule has 4 nitrogen and oxygen atoms in total. The van der Waals surface area contributed by atoms with Crippen LogP contribution in [0.25, 0.3) is 9.81 Å². The van der Waals surface area contributed by atoms with Crippen molar-refractivity contribution in [2.75, 3.05) is 12.5 Å². The zero-order valence-electron chi connectivity index (χ0n) is 12.7. The van der Waals surface area contributed by atoms with E-state index in [-0.39, 0.29) is 10.7 Å². The van der Waals surface area contributed by atoms with Gasteiger partial charge in [-0.3, -0.25) is 20.2 Å². The topological polar surface area (TPSA) is 58.2 Å². The van der Waals surface area contributed by atoms with Gasteiger partial charge < -0.3 is 0 Å². The summed E-state index contributed by atoms with van der Waals surface area (Å²) < 4.78 is 3.82. The lowest BCUT2D eigenvalue weighted by Gasteiger charge is -2.16. The van der Waals surface area contributed by atoms with Crippen LogP contribution in [0.3, 0.4) is 0 Å². The molecule has 1 saturated heterocycles. The third-order valence-electron chi connectivity index (χ3n) is 3.23. The third-order valence-corrected chi connectivity index (χ3v) is 8.72. The molecule has 124 valence electrons. The zero-order valence-corrected chi connectivity index (χ0v) is 16.7. The fourth-order valence-corrected chi connectivity index (χ4v) is 7.32. The van der Waals surface area contributed by atoms with Gasteiger partial charge in [0.25, 0.3) is 11.8 Å². The predicted octanol–water partition coefficient (Wildman–Crippen LogP) is 1.77. The fourth-order valence-electron chi connectivity index (χ4n) is 2.14. The molecule has 2 aliphatic rings. The molecule has 0 aromatic heterocycles. The Hall–Kier alpha value is -0.870. The first kappa shape index (κ1) is 17.9. The number of hydrogen-bond acceptors (Lipinski definition) is 7. The van der Waals surface area contributed by atoms with Crippen LogP contribution >= 0.6 is 59.3 Å². The monoisotopic (exact) mass is 412 g/mol. The van der Waals surface area contributed by atoms with Gasteiger partial charge in [0.15, 0.2) is 5.11 Å². The molecular weight excluding hydrogens is 401 g/mol. The number of carbonyl (C=O) groups is 2. The van der Waals surface area contributed by atoms with Gasteiger partial charge in [0, 0.05) is 0 Å². The van der Waals surface area contributed by atoms with Crippen molar-refractivity contribution in [1.82, 2.24) is 10.6 Å². The predicted molar refractivity (Wildman–Crippen MR) is 111 cm³/mol. The van der Waals surface area contributed by atoms with E-state index in [0.29, 0.717) is 5.22 Å². The summed E-state index contributed by atoms with van der Waals surface area (Å²) in [4.78, 5) is 24.0. The molecule has 0 aliphatic carbocycles. The SMILES string of the molecule is CSC1=C(SC)SC(=c2ccc(=C3C(=O)NC(=S)NC3=O)cc2)S1. The summed E-state index contributed by atoms with van der Waals surface area (Å²) in [6.45, 7) is 0. The third kappa shape index (κ3) is 3.55. The van der Waals surface area contributed by atoms with Gasteiger partial charge in [-0.1, -0.05) is 47.8 Å². The zero-order chi connectivity index (χ0) is 17.3. The number of hydrogen-bond donors (Lipinski definition) is 2. The minimum atomic E-state index is -0.468. The van der Waals surface area contributed by atoms with Crippen molar-refractivity contribution in [3.05, 3.63) is 43.2 Å². The van der Waals surface area contributed by atoms with Gasteiger partial charge in [-0.25, -0.2) is 0 Å². The van der Waals surface area contributed by atoms with E-state index in [1.165, 1.54) is 12.7 Å². The number of rotatable bonds is 2. The molecule has 3 rings (SSSR count). The number of carbonyl (C=O) groups excluding carboxylic acids is 2. The first-order valence-corrected chi connectivity index (χ1v) is 11.2. The van der Waals surface area contributed by atoms with Crippen LogP contribution in [-0.2, 0) is 9.59 Å². The second-order valence-electron chi connectivity index (χ2n) is 4.66. The number of benzene rings is 1. The van der Waals surface area contributed by atoms with E-state index in [2.05, 4.69) is 23.1 Å². The minimum Gasteiger partial charge on any atom is -0.299 e. The number of amides is 2. The second-order valence-corrected chi connectivity index (χ2v) is 9.52. The fraction of sp³-hybridized carbons (Fsp3) is 0.133. The highest BCUT2D eigenvalue weighted by atomic mass is 32.3. The highest BCUT2D eigenvalue weighted by Crippen LogP contribution is 2.56. The molecule has 2 N–H and O–H groups in total. The lowest BCUT2D eigenvalue weighted by Crippen LogP contribution is -2.52. The smallest absolute Gasteiger partial charge is 0.263 e. The first-order chi connectivity index (χ1) is 11.5. The van der Waals surface area contributed by atoms with Crippen LogP contribution in [0.1, 0.15) is 0 Å². The lowest BCUT2D eigenvalue weighted by molar-refractivity contribution is -0.120. The van der Waals surface area contributed by atoms with Crippen LogP contribution in [-0.4, -0.2) is 29.4 Å². The molecule has 1 aromatic rings. The largest absolute Gasteiger partial charge is 0.299 e. The van der Waals surface area contributed by atoms with Gasteiger partial charge in [0.2, 0.25) is 0 Å². The summed E-state index contributed by atoms with van der Waals surface area (Å²) in [6, 6.07) is 7.46. The molecule has 2 amide bonds. The number of nitrogens with one attached hydrogen (secondary N) is 2. The maximum absolute atomic E-state index is 12.0. The molecule has 24 heavy (non-hydrogen) atoms. The molecule has 2 heterocycles. The van der Waals surface area contributed by atoms with Gasteiger partial charge in [-0.05, 0) is 35.2 Å². The summed E-state index contributed by atoms with van der Waals surface area (Å²) in [7, 11) is 0. The quantitative estimate of drug-likeness (QED) is 0.718. The van der Waals surface area contributed by atoms with Gasteiger partial charge in [-0.2, -0.15) is 0 Å². The minimum absolute atomic E-state index is 0.0416. The van der Waals surface area contributed by atoms with Crippen LogP contribution in [0.2, 0.25) is 0 Å². The molecule has 0 bridgehead atoms. The van der Waals surface area contributed by atoms with E-state index in [4.69, 9.17) is 12.2 Å². The normalized spacial score (nSPS) is 18.2. The van der Waals surface area contributed by atoms with E-state index in [9.17, 15) is 9.59 Å². The lowest BCUT2D eigenvalue weighted by atomic mass is 10.1. The average molecular weight is 413 g/mol. The number of thioether (sulfide) groups is 4. The van der Waals surface area contributed by atoms with Crippen molar-refractivity contribution in [2.45, 2.75) is 0 Å². The van der Waals surface area contributed by atoms with Crippen LogP contribution in [0.5, 0.6) is 0 Å². The Balaban J connectivity index is 1.99. The Bertz CT molecular complexity index is 843. The highest BCUT2D eigenvalue weighted by Gasteiger charge is 2.26. The van der Waals surface area contributed by atoms with Crippen molar-refractivity contribution in [2.24, 2.45) is 0 Å². The van der Waals surface area contributed by atoms with Crippen molar-refractivity contribution >= 4 is 86.0 Å². The molecular formula is C15H12N2O2S5. The molecule has 0 atom stereocenters. The molecule has 0 spiro atoms. The number of thiocarbonyl (C=S) groups is 1. The first-order valence-electron chi connectivity index (χ1n) is 6.72. The van der Waals surface area contributed by atoms with Crippen LogP contribution < -0.4 is 21.1 Å². The Kier molecular flexibility index (Phi) is 5.66. The Morgan fingerprint density at radius 1 is 0.875 bits per heavy atom. The van der Waals surface area contributed by atoms with E-state index in [1.54, 1.807) is 59.2 Å². The molecule has 0 unspecified atom stereocenters. The van der Waals surface area contributed by atoms with Gasteiger partial charge in [-0.15, -0.1) is 23.5 Å². The van der Waals surface area contributed by atoms with Crippen LogP contribution in [0.15, 0.2) is 32.7 Å². The van der Waals surface area contributed by atoms with Gasteiger partial charge in [0.1, 0.15) is 5.57 Å². The molecule has 1 fully saturated rings. The summed E-state index contributed by atoms with van der Waals surface area (Å²) in [5, 5.41) is 6.60. The van der Waals surface area contributed by atoms with Crippen molar-refractivity contribution in [3.63, 3.8) is 0 Å². The Morgan fingerprint density at radius 2 is 1.33 bits per heavy atom. The van der Waals surface area contributed by atoms with Crippen LogP contribution in [0, 0.1) is 0 Å². The molecule has 0 saturated carbocycles. The second kappa shape index (κ2) is 7.57. The molecule has 9 heteroatoms. The standard InChI is InChI=1S/C15H12N2O2S5/c1-21-13-14(22-2)24-12(23-13)8-5-3-7(4-6-8)9-10(18)16-15(20)17-11(9)19/h3-6H,1-2H3,(H2,16,17,18,19,20). The molecule has 0 radical (unpaired) electrons. The summed E-state index contributed by atoms with van der Waals surface area (Å²) in [6.07, 6.45) is 4.15. The van der Waals surface area contributed by atoms with E-state index >= 15 is 0 Å². The van der Waals surface area contributed by atoms with Crippen molar-refractivity contribution in [1.29, 1.82) is 0 Å². The summed E-state index contributed by atoms with van der Waals surface area (Å²) >= 11 is 11.8. The maximum atomic E-state index is 12.0. The van der Waals surface area contributed by atoms with Crippen LogP contribution in [0.4, 0.5) is 0 Å². The van der Waals surface area contributed by atoms with Crippen molar-refractivity contribution in [3.8, 4) is 0 Å². The summed E-state index contributed by atoms with van der Waals surface area (Å²) in [5.41, 5.74) is 0.0830. The Morgan fingerprint density at radius 3 is 1.79 bits per heavy atom. The summed E-state index contributed by atoms with van der Waals surface area (Å²) in [5.74, 6) is -0.936. The van der Waals surface area contributed by atoms with Gasteiger partial charge in [0.05, 0.1) is 12.7 Å². The average Bonchev–Trinajstić information content (AvgIpc) is 2.98. The van der Waals surface area contributed by atoms with E-state index in [1.807, 2.05) is 12.1 Å². The maximum Gasteiger partial charge on any atom is 0.263 e. The molecule has 2 aliphatic heterocycles. The molecule has 1 aromatic carbocycles.